The Bertz CT molecular complexity index is 1470. The van der Waals surface area contributed by atoms with Crippen molar-refractivity contribution in [3.05, 3.63) is 42.4 Å². The van der Waals surface area contributed by atoms with E-state index in [1.807, 2.05) is 51.5 Å². The quantitative estimate of drug-likeness (QED) is 0.275. The van der Waals surface area contributed by atoms with Crippen molar-refractivity contribution in [3.8, 4) is 17.1 Å². The number of hydrogen-bond acceptors (Lipinski definition) is 9. The molecule has 1 aliphatic heterocycles. The summed E-state index contributed by atoms with van der Waals surface area (Å²) >= 11 is 0. The Hall–Kier alpha value is -4.00. The van der Waals surface area contributed by atoms with Crippen LogP contribution in [0.3, 0.4) is 0 Å². The third kappa shape index (κ3) is 5.79. The highest BCUT2D eigenvalue weighted by Gasteiger charge is 2.26. The van der Waals surface area contributed by atoms with Crippen LogP contribution < -0.4 is 15.4 Å². The van der Waals surface area contributed by atoms with Gasteiger partial charge in [0.2, 0.25) is 11.9 Å². The molecule has 4 aromatic rings. The number of para-hydroxylation sites is 1. The number of fused-ring (bicyclic) bond motifs is 1. The summed E-state index contributed by atoms with van der Waals surface area (Å²) in [6, 6.07) is 5.66. The highest BCUT2D eigenvalue weighted by atomic mass is 16.5. The predicted molar refractivity (Wildman–Crippen MR) is 155 cm³/mol. The van der Waals surface area contributed by atoms with E-state index in [1.54, 1.807) is 25.1 Å². The number of carbonyl (C=O) groups excluding carboxylic acids is 1. The highest BCUT2D eigenvalue weighted by Crippen LogP contribution is 2.34. The molecule has 212 valence electrons. The van der Waals surface area contributed by atoms with Crippen LogP contribution in [0.15, 0.2) is 36.8 Å². The van der Waals surface area contributed by atoms with Crippen LogP contribution in [0, 0.1) is 6.92 Å². The topological polar surface area (TPSA) is 125 Å². The molecule has 1 aromatic carbocycles. The summed E-state index contributed by atoms with van der Waals surface area (Å²) in [5.41, 5.74) is 4.90. The Morgan fingerprint density at radius 3 is 2.73 bits per heavy atom. The lowest BCUT2D eigenvalue weighted by Gasteiger charge is -2.37. The van der Waals surface area contributed by atoms with Gasteiger partial charge in [-0.05, 0) is 25.5 Å². The summed E-state index contributed by atoms with van der Waals surface area (Å²) in [7, 11) is 5.12. The minimum absolute atomic E-state index is 0.0240. The number of aryl methyl sites for hydroxylation is 2. The molecular weight excluding hydrogens is 510 g/mol. The van der Waals surface area contributed by atoms with Crippen LogP contribution in [0.1, 0.15) is 12.5 Å². The summed E-state index contributed by atoms with van der Waals surface area (Å²) < 4.78 is 12.2. The molecule has 40 heavy (non-hydrogen) atoms. The third-order valence-corrected chi connectivity index (χ3v) is 7.38. The lowest BCUT2D eigenvalue weighted by Crippen LogP contribution is -2.53. The summed E-state index contributed by atoms with van der Waals surface area (Å²) in [5.74, 6) is 0.869. The van der Waals surface area contributed by atoms with E-state index in [1.165, 1.54) is 0 Å². The van der Waals surface area contributed by atoms with E-state index < -0.39 is 0 Å². The Morgan fingerprint density at radius 2 is 1.98 bits per heavy atom. The molecule has 4 heterocycles. The van der Waals surface area contributed by atoms with Crippen LogP contribution in [-0.4, -0.2) is 100 Å². The third-order valence-electron chi connectivity index (χ3n) is 7.38. The number of rotatable bonds is 10. The Balaban J connectivity index is 1.33. The molecule has 0 spiro atoms. The molecular formula is C28H37N9O3. The molecule has 0 aliphatic carbocycles. The molecule has 5 rings (SSSR count). The van der Waals surface area contributed by atoms with E-state index in [0.29, 0.717) is 17.5 Å². The van der Waals surface area contributed by atoms with E-state index >= 15 is 0 Å². The fourth-order valence-corrected chi connectivity index (χ4v) is 5.05. The first-order chi connectivity index (χ1) is 19.4. The Labute approximate surface area is 233 Å². The molecule has 0 bridgehead atoms. The smallest absolute Gasteiger partial charge is 0.256 e. The zero-order valence-corrected chi connectivity index (χ0v) is 23.7. The van der Waals surface area contributed by atoms with E-state index in [9.17, 15) is 4.79 Å². The molecule has 1 fully saturated rings. The summed E-state index contributed by atoms with van der Waals surface area (Å²) in [4.78, 5) is 30.5. The summed E-state index contributed by atoms with van der Waals surface area (Å²) in [6.07, 6.45) is 5.52. The predicted octanol–water partition coefficient (Wildman–Crippen LogP) is 3.01. The largest absolute Gasteiger partial charge is 0.478 e. The van der Waals surface area contributed by atoms with E-state index in [2.05, 4.69) is 35.5 Å². The number of amides is 1. The summed E-state index contributed by atoms with van der Waals surface area (Å²) in [6.45, 7) is 9.15. The van der Waals surface area contributed by atoms with Crippen LogP contribution >= 0.6 is 0 Å². The van der Waals surface area contributed by atoms with Crippen molar-refractivity contribution >= 4 is 34.1 Å². The number of ether oxygens (including phenoxy) is 2. The molecule has 1 saturated heterocycles. The molecule has 12 heteroatoms. The number of carbonyl (C=O) groups is 1. The normalized spacial score (nSPS) is 15.3. The second-order valence-corrected chi connectivity index (χ2v) is 10.0. The highest BCUT2D eigenvalue weighted by molar-refractivity contribution is 6.06. The number of anilines is 3. The maximum Gasteiger partial charge on any atom is 0.256 e. The van der Waals surface area contributed by atoms with Crippen LogP contribution in [0.4, 0.5) is 17.3 Å². The molecule has 1 atom stereocenters. The van der Waals surface area contributed by atoms with Gasteiger partial charge in [-0.15, -0.1) is 5.10 Å². The molecule has 3 aromatic heterocycles. The van der Waals surface area contributed by atoms with E-state index in [-0.39, 0.29) is 11.9 Å². The van der Waals surface area contributed by atoms with Gasteiger partial charge >= 0.3 is 0 Å². The summed E-state index contributed by atoms with van der Waals surface area (Å²) in [5, 5.41) is 11.6. The first-order valence-corrected chi connectivity index (χ1v) is 13.4. The van der Waals surface area contributed by atoms with Crippen molar-refractivity contribution in [2.75, 3.05) is 64.2 Å². The van der Waals surface area contributed by atoms with Gasteiger partial charge in [0.1, 0.15) is 5.69 Å². The Kier molecular flexibility index (Phi) is 8.29. The van der Waals surface area contributed by atoms with Crippen molar-refractivity contribution in [3.63, 3.8) is 0 Å². The SMILES string of the molecule is COCCN1CCN(C(C)C(=O)Nc2cccc3c(-c4nc(Nc5cn(C)nc5OC)ncc4C)c[nH]c23)CC1. The van der Waals surface area contributed by atoms with Gasteiger partial charge in [0.05, 0.1) is 42.9 Å². The van der Waals surface area contributed by atoms with Gasteiger partial charge < -0.3 is 25.1 Å². The Morgan fingerprint density at radius 1 is 1.18 bits per heavy atom. The van der Waals surface area contributed by atoms with Gasteiger partial charge in [0.25, 0.3) is 5.88 Å². The first kappa shape index (κ1) is 27.6. The maximum absolute atomic E-state index is 13.3. The second-order valence-electron chi connectivity index (χ2n) is 10.0. The molecule has 12 nitrogen and oxygen atoms in total. The minimum Gasteiger partial charge on any atom is -0.478 e. The number of benzene rings is 1. The van der Waals surface area contributed by atoms with Crippen molar-refractivity contribution in [2.45, 2.75) is 19.9 Å². The van der Waals surface area contributed by atoms with Crippen LogP contribution in [0.2, 0.25) is 0 Å². The van der Waals surface area contributed by atoms with Gasteiger partial charge in [0, 0.05) is 70.2 Å². The van der Waals surface area contributed by atoms with Gasteiger partial charge in [-0.3, -0.25) is 19.3 Å². The molecule has 0 saturated carbocycles. The fourth-order valence-electron chi connectivity index (χ4n) is 5.05. The maximum atomic E-state index is 13.3. The van der Waals surface area contributed by atoms with Crippen LogP contribution in [0.25, 0.3) is 22.2 Å². The van der Waals surface area contributed by atoms with E-state index in [4.69, 9.17) is 14.5 Å². The van der Waals surface area contributed by atoms with Gasteiger partial charge in [0.15, 0.2) is 0 Å². The van der Waals surface area contributed by atoms with Crippen molar-refractivity contribution in [1.29, 1.82) is 0 Å². The average Bonchev–Trinajstić information content (AvgIpc) is 3.56. The van der Waals surface area contributed by atoms with E-state index in [0.717, 1.165) is 72.7 Å². The van der Waals surface area contributed by atoms with Crippen molar-refractivity contribution in [1.82, 2.24) is 34.5 Å². The molecule has 1 unspecified atom stereocenters. The van der Waals surface area contributed by atoms with Gasteiger partial charge in [-0.2, -0.15) is 0 Å². The van der Waals surface area contributed by atoms with Crippen LogP contribution in [-0.2, 0) is 16.6 Å². The number of hydrogen-bond donors (Lipinski definition) is 3. The molecule has 1 amide bonds. The minimum atomic E-state index is -0.239. The monoisotopic (exact) mass is 547 g/mol. The van der Waals surface area contributed by atoms with Gasteiger partial charge in [-0.25, -0.2) is 9.97 Å². The first-order valence-electron chi connectivity index (χ1n) is 13.4. The second kappa shape index (κ2) is 12.0. The van der Waals surface area contributed by atoms with Crippen molar-refractivity contribution < 1.29 is 14.3 Å². The number of piperazine rings is 1. The fraction of sp³-hybridized carbons (Fsp3) is 0.429. The number of nitrogens with zero attached hydrogens (tertiary/aromatic N) is 6. The number of nitrogens with one attached hydrogen (secondary N) is 3. The lowest BCUT2D eigenvalue weighted by atomic mass is 10.1. The standard InChI is InChI=1S/C28H37N9O3/c1-18-15-30-28(32-23-17-35(3)34-27(23)40-5)33-24(18)21-16-29-25-20(21)7-6-8-22(25)31-26(38)19(2)37-11-9-36(10-12-37)13-14-39-4/h6-8,15-17,19,29H,9-14H2,1-5H3,(H,31,38)(H,30,32,33). The van der Waals surface area contributed by atoms with Crippen LogP contribution in [0.5, 0.6) is 5.88 Å². The molecule has 1 aliphatic rings. The average molecular weight is 548 g/mol. The van der Waals surface area contributed by atoms with Crippen molar-refractivity contribution in [2.24, 2.45) is 7.05 Å². The number of H-pyrrole nitrogens is 1. The lowest BCUT2D eigenvalue weighted by molar-refractivity contribution is -0.121. The number of aromatic nitrogens is 5. The zero-order valence-electron chi connectivity index (χ0n) is 23.7. The number of methoxy groups -OCH3 is 2. The molecule has 0 radical (unpaired) electrons. The van der Waals surface area contributed by atoms with Gasteiger partial charge in [-0.1, -0.05) is 12.1 Å². The zero-order chi connectivity index (χ0) is 28.2. The number of aromatic amines is 1. The molecule has 3 N–H and O–H groups in total.